The fourth-order valence-corrected chi connectivity index (χ4v) is 5.42. The number of amides is 1. The summed E-state index contributed by atoms with van der Waals surface area (Å²) in [5.41, 5.74) is 1.66. The molecule has 10 heteroatoms. The molecular formula is C24H25N3O5S2. The van der Waals surface area contributed by atoms with Crippen molar-refractivity contribution in [2.75, 3.05) is 23.2 Å². The van der Waals surface area contributed by atoms with Gasteiger partial charge in [0.1, 0.15) is 0 Å². The zero-order chi connectivity index (χ0) is 24.8. The summed E-state index contributed by atoms with van der Waals surface area (Å²) in [4.78, 5) is 12.7. The maximum absolute atomic E-state index is 13.0. The van der Waals surface area contributed by atoms with Crippen LogP contribution in [0.2, 0.25) is 0 Å². The highest BCUT2D eigenvalue weighted by atomic mass is 32.2. The van der Waals surface area contributed by atoms with E-state index in [9.17, 15) is 21.6 Å². The van der Waals surface area contributed by atoms with Gasteiger partial charge in [0.05, 0.1) is 16.3 Å². The van der Waals surface area contributed by atoms with E-state index in [4.69, 9.17) is 0 Å². The first-order chi connectivity index (χ1) is 16.1. The topological polar surface area (TPSA) is 113 Å². The molecule has 0 atom stereocenters. The van der Waals surface area contributed by atoms with Gasteiger partial charge in [0.25, 0.3) is 15.9 Å². The SMILES string of the molecule is C=CCNS(=O)(=O)Cc1ccc(NC(=O)c2cccc(S(=O)(=O)N(C)c3ccccc3)c2)cc1. The van der Waals surface area contributed by atoms with Crippen LogP contribution in [0.5, 0.6) is 0 Å². The Kier molecular flexibility index (Phi) is 7.87. The monoisotopic (exact) mass is 499 g/mol. The molecule has 3 aromatic rings. The number of sulfonamides is 2. The van der Waals surface area contributed by atoms with Gasteiger partial charge < -0.3 is 5.32 Å². The second kappa shape index (κ2) is 10.6. The van der Waals surface area contributed by atoms with Crippen LogP contribution in [0.3, 0.4) is 0 Å². The summed E-state index contributed by atoms with van der Waals surface area (Å²) in [6.07, 6.45) is 1.45. The van der Waals surface area contributed by atoms with Crippen molar-refractivity contribution >= 4 is 37.3 Å². The zero-order valence-electron chi connectivity index (χ0n) is 18.5. The number of rotatable bonds is 10. The third-order valence-corrected chi connectivity index (χ3v) is 7.99. The van der Waals surface area contributed by atoms with Crippen LogP contribution in [-0.4, -0.2) is 36.3 Å². The number of nitrogens with one attached hydrogen (secondary N) is 2. The Balaban J connectivity index is 1.73. The van der Waals surface area contributed by atoms with E-state index in [1.165, 1.54) is 37.4 Å². The number of nitrogens with zero attached hydrogens (tertiary/aromatic N) is 1. The lowest BCUT2D eigenvalue weighted by Crippen LogP contribution is -2.26. The van der Waals surface area contributed by atoms with Gasteiger partial charge in [-0.2, -0.15) is 0 Å². The normalized spacial score (nSPS) is 11.6. The number of anilines is 2. The molecule has 0 unspecified atom stereocenters. The van der Waals surface area contributed by atoms with Crippen LogP contribution < -0.4 is 14.3 Å². The van der Waals surface area contributed by atoms with Crippen LogP contribution in [0.1, 0.15) is 15.9 Å². The van der Waals surface area contributed by atoms with E-state index in [2.05, 4.69) is 16.6 Å². The lowest BCUT2D eigenvalue weighted by atomic mass is 10.2. The van der Waals surface area contributed by atoms with Crippen LogP contribution in [0.15, 0.2) is 96.4 Å². The number of benzene rings is 3. The van der Waals surface area contributed by atoms with Crippen LogP contribution in [0, 0.1) is 0 Å². The molecule has 0 radical (unpaired) electrons. The molecule has 178 valence electrons. The molecular weight excluding hydrogens is 474 g/mol. The van der Waals surface area contributed by atoms with Gasteiger partial charge in [-0.15, -0.1) is 6.58 Å². The van der Waals surface area contributed by atoms with Gasteiger partial charge in [0.2, 0.25) is 10.0 Å². The van der Waals surface area contributed by atoms with Gasteiger partial charge in [0, 0.05) is 24.8 Å². The number of hydrogen-bond acceptors (Lipinski definition) is 5. The summed E-state index contributed by atoms with van der Waals surface area (Å²) < 4.78 is 53.5. The van der Waals surface area contributed by atoms with Crippen molar-refractivity contribution in [3.8, 4) is 0 Å². The summed E-state index contributed by atoms with van der Waals surface area (Å²) >= 11 is 0. The first kappa shape index (κ1) is 25.2. The molecule has 34 heavy (non-hydrogen) atoms. The van der Waals surface area contributed by atoms with Crippen molar-refractivity contribution in [1.29, 1.82) is 0 Å². The largest absolute Gasteiger partial charge is 0.322 e. The Bertz CT molecular complexity index is 1370. The van der Waals surface area contributed by atoms with E-state index in [0.29, 0.717) is 16.9 Å². The van der Waals surface area contributed by atoms with Gasteiger partial charge in [-0.1, -0.05) is 42.5 Å². The van der Waals surface area contributed by atoms with E-state index in [1.54, 1.807) is 54.6 Å². The fourth-order valence-electron chi connectivity index (χ4n) is 3.08. The summed E-state index contributed by atoms with van der Waals surface area (Å²) in [5, 5.41) is 2.70. The molecule has 0 aromatic heterocycles. The van der Waals surface area contributed by atoms with Crippen LogP contribution in [-0.2, 0) is 25.8 Å². The molecule has 0 spiro atoms. The van der Waals surface area contributed by atoms with Gasteiger partial charge in [0.15, 0.2) is 0 Å². The highest BCUT2D eigenvalue weighted by molar-refractivity contribution is 7.92. The predicted molar refractivity (Wildman–Crippen MR) is 134 cm³/mol. The van der Waals surface area contributed by atoms with E-state index in [-0.39, 0.29) is 22.8 Å². The Morgan fingerprint density at radius 1 is 0.941 bits per heavy atom. The lowest BCUT2D eigenvalue weighted by molar-refractivity contribution is 0.102. The molecule has 0 fully saturated rings. The zero-order valence-corrected chi connectivity index (χ0v) is 20.1. The number of para-hydroxylation sites is 1. The summed E-state index contributed by atoms with van der Waals surface area (Å²) in [6, 6.07) is 20.8. The Labute approximate surface area is 200 Å². The van der Waals surface area contributed by atoms with Crippen molar-refractivity contribution in [3.63, 3.8) is 0 Å². The van der Waals surface area contributed by atoms with Gasteiger partial charge >= 0.3 is 0 Å². The molecule has 0 bridgehead atoms. The lowest BCUT2D eigenvalue weighted by Gasteiger charge is -2.19. The molecule has 0 aliphatic heterocycles. The van der Waals surface area contributed by atoms with Gasteiger partial charge in [-0.05, 0) is 48.0 Å². The first-order valence-electron chi connectivity index (χ1n) is 10.2. The van der Waals surface area contributed by atoms with Crippen molar-refractivity contribution < 1.29 is 21.6 Å². The van der Waals surface area contributed by atoms with E-state index < -0.39 is 26.0 Å². The summed E-state index contributed by atoms with van der Waals surface area (Å²) in [5.74, 6) is -0.698. The minimum Gasteiger partial charge on any atom is -0.322 e. The van der Waals surface area contributed by atoms with Gasteiger partial charge in [-0.25, -0.2) is 21.6 Å². The average Bonchev–Trinajstić information content (AvgIpc) is 2.84. The number of carbonyl (C=O) groups is 1. The molecule has 1 amide bonds. The molecule has 3 aromatic carbocycles. The van der Waals surface area contributed by atoms with Gasteiger partial charge in [-0.3, -0.25) is 9.10 Å². The third-order valence-electron chi connectivity index (χ3n) is 4.89. The summed E-state index contributed by atoms with van der Waals surface area (Å²) in [7, 11) is -5.91. The second-order valence-electron chi connectivity index (χ2n) is 7.38. The van der Waals surface area contributed by atoms with Crippen LogP contribution >= 0.6 is 0 Å². The maximum atomic E-state index is 13.0. The van der Waals surface area contributed by atoms with Crippen molar-refractivity contribution in [3.05, 3.63) is 103 Å². The summed E-state index contributed by atoms with van der Waals surface area (Å²) in [6.45, 7) is 3.62. The van der Waals surface area contributed by atoms with E-state index in [1.807, 2.05) is 0 Å². The number of carbonyl (C=O) groups excluding carboxylic acids is 1. The van der Waals surface area contributed by atoms with Crippen molar-refractivity contribution in [2.45, 2.75) is 10.6 Å². The Morgan fingerprint density at radius 2 is 1.62 bits per heavy atom. The van der Waals surface area contributed by atoms with Crippen molar-refractivity contribution in [2.24, 2.45) is 0 Å². The quantitative estimate of drug-likeness (QED) is 0.415. The van der Waals surface area contributed by atoms with E-state index in [0.717, 1.165) is 4.31 Å². The average molecular weight is 500 g/mol. The minimum absolute atomic E-state index is 0.0147. The van der Waals surface area contributed by atoms with E-state index >= 15 is 0 Å². The highest BCUT2D eigenvalue weighted by Gasteiger charge is 2.22. The molecule has 0 aliphatic rings. The maximum Gasteiger partial charge on any atom is 0.264 e. The standard InChI is InChI=1S/C24H25N3O5S2/c1-3-16-25-33(29,30)18-19-12-14-21(15-13-19)26-24(28)20-8-7-11-23(17-20)34(31,32)27(2)22-9-5-4-6-10-22/h3-15,17,25H,1,16,18H2,2H3,(H,26,28). The molecule has 0 saturated carbocycles. The predicted octanol–water partition coefficient (Wildman–Crippen LogP) is 3.37. The smallest absolute Gasteiger partial charge is 0.264 e. The Morgan fingerprint density at radius 3 is 2.26 bits per heavy atom. The second-order valence-corrected chi connectivity index (χ2v) is 11.2. The molecule has 0 saturated heterocycles. The van der Waals surface area contributed by atoms with Crippen LogP contribution in [0.25, 0.3) is 0 Å². The molecule has 3 rings (SSSR count). The first-order valence-corrected chi connectivity index (χ1v) is 13.3. The molecule has 0 aliphatic carbocycles. The Hall–Kier alpha value is -3.47. The van der Waals surface area contributed by atoms with Crippen LogP contribution in [0.4, 0.5) is 11.4 Å². The fraction of sp³-hybridized carbons (Fsp3) is 0.125. The molecule has 8 nitrogen and oxygen atoms in total. The number of hydrogen-bond donors (Lipinski definition) is 2. The van der Waals surface area contributed by atoms with Crippen molar-refractivity contribution in [1.82, 2.24) is 4.72 Å². The highest BCUT2D eigenvalue weighted by Crippen LogP contribution is 2.23. The third kappa shape index (κ3) is 6.31. The molecule has 2 N–H and O–H groups in total. The molecule has 0 heterocycles. The minimum atomic E-state index is -3.87.